The number of benzene rings is 1. The first-order chi connectivity index (χ1) is 11.0. The highest BCUT2D eigenvalue weighted by Gasteiger charge is 2.13. The van der Waals surface area contributed by atoms with E-state index in [2.05, 4.69) is 10.5 Å². The van der Waals surface area contributed by atoms with Crippen molar-refractivity contribution in [3.63, 3.8) is 0 Å². The average Bonchev–Trinajstić information content (AvgIpc) is 2.97. The molecule has 2 amide bonds. The number of aromatic nitrogens is 1. The van der Waals surface area contributed by atoms with Crippen LogP contribution in [0.25, 0.3) is 0 Å². The van der Waals surface area contributed by atoms with Gasteiger partial charge in [-0.15, -0.1) is 0 Å². The van der Waals surface area contributed by atoms with Crippen LogP contribution in [0.5, 0.6) is 5.75 Å². The summed E-state index contributed by atoms with van der Waals surface area (Å²) in [6.07, 6.45) is 0. The predicted octanol–water partition coefficient (Wildman–Crippen LogP) is 0.649. The van der Waals surface area contributed by atoms with Crippen molar-refractivity contribution in [2.24, 2.45) is 5.73 Å². The van der Waals surface area contributed by atoms with E-state index >= 15 is 0 Å². The van der Waals surface area contributed by atoms with Crippen LogP contribution in [0.2, 0.25) is 0 Å². The largest absolute Gasteiger partial charge is 0.483 e. The van der Waals surface area contributed by atoms with Crippen LogP contribution in [-0.2, 0) is 11.3 Å². The van der Waals surface area contributed by atoms with Crippen LogP contribution >= 0.6 is 0 Å². The van der Waals surface area contributed by atoms with Crippen LogP contribution in [0.1, 0.15) is 27.4 Å². The number of nitrogens with zero attached hydrogens (tertiary/aromatic N) is 2. The smallest absolute Gasteiger partial charge is 0.273 e. The molecule has 0 aliphatic rings. The third-order valence-corrected chi connectivity index (χ3v) is 2.87. The van der Waals surface area contributed by atoms with Crippen molar-refractivity contribution < 1.29 is 18.8 Å². The van der Waals surface area contributed by atoms with Crippen LogP contribution in [-0.4, -0.2) is 23.6 Å². The molecule has 23 heavy (non-hydrogen) atoms. The van der Waals surface area contributed by atoms with Crippen LogP contribution in [0.3, 0.4) is 0 Å². The second-order valence-electron chi connectivity index (χ2n) is 4.69. The first-order valence-electron chi connectivity index (χ1n) is 6.65. The Labute approximate surface area is 131 Å². The Morgan fingerprint density at radius 2 is 2.22 bits per heavy atom. The Balaban J connectivity index is 2.10. The summed E-state index contributed by atoms with van der Waals surface area (Å²) in [7, 11) is 0. The maximum Gasteiger partial charge on any atom is 0.273 e. The van der Waals surface area contributed by atoms with Gasteiger partial charge in [0, 0.05) is 18.2 Å². The average molecular weight is 314 g/mol. The first-order valence-corrected chi connectivity index (χ1v) is 6.65. The van der Waals surface area contributed by atoms with Crippen LogP contribution in [0.4, 0.5) is 0 Å². The number of carbonyl (C=O) groups is 2. The molecule has 0 saturated carbocycles. The summed E-state index contributed by atoms with van der Waals surface area (Å²) in [5, 5.41) is 15.2. The minimum atomic E-state index is -0.639. The zero-order valence-electron chi connectivity index (χ0n) is 12.3. The lowest BCUT2D eigenvalue weighted by Gasteiger charge is -2.11. The molecule has 0 unspecified atom stereocenters. The van der Waals surface area contributed by atoms with Crippen molar-refractivity contribution in [1.82, 2.24) is 10.5 Å². The fourth-order valence-corrected chi connectivity index (χ4v) is 1.79. The molecule has 3 N–H and O–H groups in total. The van der Waals surface area contributed by atoms with E-state index < -0.39 is 11.8 Å². The lowest BCUT2D eigenvalue weighted by molar-refractivity contribution is -0.119. The predicted molar refractivity (Wildman–Crippen MR) is 78.3 cm³/mol. The molecule has 0 fully saturated rings. The van der Waals surface area contributed by atoms with Gasteiger partial charge in [0.1, 0.15) is 11.5 Å². The minimum absolute atomic E-state index is 0.130. The van der Waals surface area contributed by atoms with Gasteiger partial charge < -0.3 is 20.3 Å². The number of aryl methyl sites for hydroxylation is 1. The van der Waals surface area contributed by atoms with E-state index in [1.807, 2.05) is 6.07 Å². The highest BCUT2D eigenvalue weighted by Crippen LogP contribution is 2.20. The van der Waals surface area contributed by atoms with Gasteiger partial charge in [-0.3, -0.25) is 9.59 Å². The Kier molecular flexibility index (Phi) is 4.94. The maximum absolute atomic E-state index is 11.9. The van der Waals surface area contributed by atoms with E-state index in [0.717, 1.165) is 0 Å². The zero-order valence-corrected chi connectivity index (χ0v) is 12.3. The number of carbonyl (C=O) groups excluding carboxylic acids is 2. The third kappa shape index (κ3) is 4.31. The molecule has 1 aromatic heterocycles. The number of amides is 2. The molecule has 0 aliphatic carbocycles. The van der Waals surface area contributed by atoms with Crippen LogP contribution in [0.15, 0.2) is 28.8 Å². The van der Waals surface area contributed by atoms with Gasteiger partial charge in [0.25, 0.3) is 11.8 Å². The molecule has 0 saturated heterocycles. The summed E-state index contributed by atoms with van der Waals surface area (Å²) < 4.78 is 10.1. The normalized spacial score (nSPS) is 9.91. The highest BCUT2D eigenvalue weighted by atomic mass is 16.5. The van der Waals surface area contributed by atoms with Crippen molar-refractivity contribution in [2.75, 3.05) is 6.61 Å². The summed E-state index contributed by atoms with van der Waals surface area (Å²) in [5.41, 5.74) is 6.17. The first kappa shape index (κ1) is 16.0. The van der Waals surface area contributed by atoms with Crippen molar-refractivity contribution in [3.05, 3.63) is 46.8 Å². The standard InChI is InChI=1S/C15H14N4O4/c1-9-4-12(19-23-9)15(21)18-7-11-3-2-10(6-16)5-13(11)22-8-14(17)20/h2-5H,7-8H2,1H3,(H2,17,20)(H,18,21). The SMILES string of the molecule is Cc1cc(C(=O)NCc2ccc(C#N)cc2OCC(N)=O)no1. The van der Waals surface area contributed by atoms with Gasteiger partial charge >= 0.3 is 0 Å². The lowest BCUT2D eigenvalue weighted by Crippen LogP contribution is -2.24. The molecule has 2 rings (SSSR count). The van der Waals surface area contributed by atoms with Gasteiger partial charge in [-0.25, -0.2) is 0 Å². The van der Waals surface area contributed by atoms with Gasteiger partial charge in [-0.1, -0.05) is 11.2 Å². The van der Waals surface area contributed by atoms with Gasteiger partial charge in [0.05, 0.1) is 11.6 Å². The molecule has 0 aliphatic heterocycles. The fraction of sp³-hybridized carbons (Fsp3) is 0.200. The van der Waals surface area contributed by atoms with Gasteiger partial charge in [0.2, 0.25) is 0 Å². The van der Waals surface area contributed by atoms with Crippen molar-refractivity contribution in [3.8, 4) is 11.8 Å². The van der Waals surface area contributed by atoms with E-state index in [-0.39, 0.29) is 18.8 Å². The number of nitriles is 1. The topological polar surface area (TPSA) is 131 Å². The van der Waals surface area contributed by atoms with Crippen LogP contribution < -0.4 is 15.8 Å². The second kappa shape index (κ2) is 7.09. The molecule has 8 nitrogen and oxygen atoms in total. The number of hydrogen-bond acceptors (Lipinski definition) is 6. The summed E-state index contributed by atoms with van der Waals surface area (Å²) in [6, 6.07) is 8.17. The molecule has 0 bridgehead atoms. The Morgan fingerprint density at radius 3 is 2.83 bits per heavy atom. The van der Waals surface area contributed by atoms with Gasteiger partial charge in [0.15, 0.2) is 12.3 Å². The molecule has 0 atom stereocenters. The second-order valence-corrected chi connectivity index (χ2v) is 4.69. The number of nitrogens with one attached hydrogen (secondary N) is 1. The van der Waals surface area contributed by atoms with E-state index in [0.29, 0.717) is 22.6 Å². The van der Waals surface area contributed by atoms with E-state index in [1.165, 1.54) is 12.1 Å². The lowest BCUT2D eigenvalue weighted by atomic mass is 10.1. The molecule has 1 aromatic carbocycles. The summed E-state index contributed by atoms with van der Waals surface area (Å²) in [6.45, 7) is 1.49. The molecular weight excluding hydrogens is 300 g/mol. The third-order valence-electron chi connectivity index (χ3n) is 2.87. The number of ether oxygens (including phenoxy) is 1. The number of rotatable bonds is 6. The quantitative estimate of drug-likeness (QED) is 0.804. The highest BCUT2D eigenvalue weighted by molar-refractivity contribution is 5.92. The Bertz CT molecular complexity index is 776. The van der Waals surface area contributed by atoms with Gasteiger partial charge in [-0.05, 0) is 19.1 Å². The summed E-state index contributed by atoms with van der Waals surface area (Å²) in [5.74, 6) is -0.217. The molecular formula is C15H14N4O4. The molecule has 0 radical (unpaired) electrons. The Morgan fingerprint density at radius 1 is 1.43 bits per heavy atom. The molecule has 2 aromatic rings. The molecule has 0 spiro atoms. The maximum atomic E-state index is 11.9. The monoisotopic (exact) mass is 314 g/mol. The summed E-state index contributed by atoms with van der Waals surface area (Å²) in [4.78, 5) is 22.8. The van der Waals surface area contributed by atoms with Gasteiger partial charge in [-0.2, -0.15) is 5.26 Å². The van der Waals surface area contributed by atoms with Crippen molar-refractivity contribution in [2.45, 2.75) is 13.5 Å². The molecule has 118 valence electrons. The molecule has 1 heterocycles. The van der Waals surface area contributed by atoms with Crippen molar-refractivity contribution in [1.29, 1.82) is 5.26 Å². The fourth-order valence-electron chi connectivity index (χ4n) is 1.79. The van der Waals surface area contributed by atoms with E-state index in [4.69, 9.17) is 20.3 Å². The minimum Gasteiger partial charge on any atom is -0.483 e. The number of hydrogen-bond donors (Lipinski definition) is 2. The van der Waals surface area contributed by atoms with Crippen LogP contribution in [0, 0.1) is 18.3 Å². The van der Waals surface area contributed by atoms with Crippen molar-refractivity contribution >= 4 is 11.8 Å². The molecule has 8 heteroatoms. The summed E-state index contributed by atoms with van der Waals surface area (Å²) >= 11 is 0. The van der Waals surface area contributed by atoms with E-state index in [1.54, 1.807) is 19.1 Å². The Hall–Kier alpha value is -3.34. The number of nitrogens with two attached hydrogens (primary N) is 1. The van der Waals surface area contributed by atoms with E-state index in [9.17, 15) is 9.59 Å². The number of primary amides is 1. The zero-order chi connectivity index (χ0) is 16.8.